The van der Waals surface area contributed by atoms with Crippen molar-refractivity contribution in [3.05, 3.63) is 35.4 Å². The Kier molecular flexibility index (Phi) is 2.27. The molecular weight excluding hydrogens is 278 g/mol. The minimum atomic E-state index is -0.371. The third kappa shape index (κ3) is 1.23. The first kappa shape index (κ1) is 12.7. The standard InChI is InChI=1S/C18H19NO3/c1-19-8-7-18-11-4-5-13(20)17(18)22-16-14(21-2)6-3-10(15(16)18)9-12(11)19/h3-6,11-12,17H,7-9H2,1-2H3/t11-,12-,17?,18-/m0/s1. The molecule has 0 N–H and O–H groups in total. The van der Waals surface area contributed by atoms with E-state index in [0.29, 0.717) is 12.0 Å². The summed E-state index contributed by atoms with van der Waals surface area (Å²) < 4.78 is 11.7. The van der Waals surface area contributed by atoms with E-state index in [0.717, 1.165) is 30.9 Å². The van der Waals surface area contributed by atoms with Crippen molar-refractivity contribution in [3.63, 3.8) is 0 Å². The molecular formula is C18H19NO3. The second kappa shape index (κ2) is 3.93. The Labute approximate surface area is 129 Å². The van der Waals surface area contributed by atoms with E-state index in [2.05, 4.69) is 24.1 Å². The van der Waals surface area contributed by atoms with Crippen LogP contribution < -0.4 is 9.47 Å². The molecule has 4 heteroatoms. The molecule has 1 aromatic rings. The zero-order chi connectivity index (χ0) is 15.1. The molecule has 1 saturated heterocycles. The lowest BCUT2D eigenvalue weighted by molar-refractivity contribution is -0.127. The van der Waals surface area contributed by atoms with Gasteiger partial charge in [-0.1, -0.05) is 12.1 Å². The lowest BCUT2D eigenvalue weighted by Crippen LogP contribution is -2.64. The number of likely N-dealkylation sites (N-methyl/N-ethyl adjacent to an activating group) is 1. The van der Waals surface area contributed by atoms with Crippen molar-refractivity contribution in [1.82, 2.24) is 4.90 Å². The van der Waals surface area contributed by atoms with Crippen LogP contribution in [0.15, 0.2) is 24.3 Å². The average molecular weight is 297 g/mol. The minimum Gasteiger partial charge on any atom is -0.493 e. The first-order valence-corrected chi connectivity index (χ1v) is 7.96. The number of hydrogen-bond donors (Lipinski definition) is 0. The van der Waals surface area contributed by atoms with Crippen LogP contribution in [0, 0.1) is 5.92 Å². The van der Waals surface area contributed by atoms with Crippen molar-refractivity contribution in [2.24, 2.45) is 5.92 Å². The molecule has 5 rings (SSSR count). The molecule has 0 aromatic heterocycles. The van der Waals surface area contributed by atoms with Crippen molar-refractivity contribution in [2.75, 3.05) is 20.7 Å². The summed E-state index contributed by atoms with van der Waals surface area (Å²) in [7, 11) is 3.86. The van der Waals surface area contributed by atoms with E-state index < -0.39 is 0 Å². The average Bonchev–Trinajstić information content (AvgIpc) is 2.88. The first-order valence-electron chi connectivity index (χ1n) is 7.96. The normalized spacial score (nSPS) is 37.7. The largest absolute Gasteiger partial charge is 0.493 e. The molecule has 4 nitrogen and oxygen atoms in total. The summed E-state index contributed by atoms with van der Waals surface area (Å²) in [6.45, 7) is 1.01. The van der Waals surface area contributed by atoms with Gasteiger partial charge in [0.1, 0.15) is 0 Å². The highest BCUT2D eigenvalue weighted by molar-refractivity contribution is 5.98. The molecule has 1 fully saturated rings. The van der Waals surface area contributed by atoms with Gasteiger partial charge in [0.25, 0.3) is 0 Å². The second-order valence-electron chi connectivity index (χ2n) is 6.96. The Hall–Kier alpha value is -1.81. The predicted octanol–water partition coefficient (Wildman–Crippen LogP) is 1.71. The van der Waals surface area contributed by atoms with Crippen LogP contribution in [0.1, 0.15) is 17.5 Å². The van der Waals surface area contributed by atoms with Crippen LogP contribution >= 0.6 is 0 Å². The van der Waals surface area contributed by atoms with Crippen LogP contribution in [-0.2, 0) is 16.6 Å². The highest BCUT2D eigenvalue weighted by Crippen LogP contribution is 2.61. The van der Waals surface area contributed by atoms with Crippen molar-refractivity contribution >= 4 is 5.78 Å². The van der Waals surface area contributed by atoms with Crippen molar-refractivity contribution in [3.8, 4) is 11.5 Å². The number of piperidine rings is 1. The van der Waals surface area contributed by atoms with Gasteiger partial charge in [0, 0.05) is 17.5 Å². The Morgan fingerprint density at radius 2 is 2.27 bits per heavy atom. The summed E-state index contributed by atoms with van der Waals surface area (Å²) >= 11 is 0. The Morgan fingerprint density at radius 1 is 1.41 bits per heavy atom. The van der Waals surface area contributed by atoms with Gasteiger partial charge in [-0.3, -0.25) is 4.79 Å². The Bertz CT molecular complexity index is 725. The number of ether oxygens (including phenoxy) is 2. The van der Waals surface area contributed by atoms with Crippen molar-refractivity contribution < 1.29 is 14.3 Å². The fourth-order valence-corrected chi connectivity index (χ4v) is 5.23. The third-order valence-corrected chi connectivity index (χ3v) is 6.21. The number of ketones is 1. The van der Waals surface area contributed by atoms with E-state index in [1.54, 1.807) is 13.2 Å². The number of likely N-dealkylation sites (tertiary alicyclic amines) is 1. The summed E-state index contributed by atoms with van der Waals surface area (Å²) in [5, 5.41) is 0. The molecule has 4 aliphatic rings. The number of nitrogens with zero attached hydrogens (tertiary/aromatic N) is 1. The summed E-state index contributed by atoms with van der Waals surface area (Å²) in [5.74, 6) is 2.03. The molecule has 2 aliphatic heterocycles. The van der Waals surface area contributed by atoms with Gasteiger partial charge in [0.2, 0.25) is 0 Å². The van der Waals surface area contributed by atoms with Gasteiger partial charge in [-0.05, 0) is 44.1 Å². The molecule has 0 amide bonds. The molecule has 4 atom stereocenters. The second-order valence-corrected chi connectivity index (χ2v) is 6.96. The lowest BCUT2D eigenvalue weighted by Gasteiger charge is -2.55. The minimum absolute atomic E-state index is 0.102. The van der Waals surface area contributed by atoms with Gasteiger partial charge in [-0.15, -0.1) is 0 Å². The Balaban J connectivity index is 1.84. The van der Waals surface area contributed by atoms with Gasteiger partial charge in [0.15, 0.2) is 23.4 Å². The molecule has 0 saturated carbocycles. The number of methoxy groups -OCH3 is 1. The van der Waals surface area contributed by atoms with Crippen LogP contribution in [0.3, 0.4) is 0 Å². The molecule has 22 heavy (non-hydrogen) atoms. The number of rotatable bonds is 1. The van der Waals surface area contributed by atoms with Crippen LogP contribution in [-0.4, -0.2) is 43.5 Å². The monoisotopic (exact) mass is 297 g/mol. The van der Waals surface area contributed by atoms with Gasteiger partial charge < -0.3 is 14.4 Å². The number of carbonyl (C=O) groups excluding carboxylic acids is 1. The fraction of sp³-hybridized carbons (Fsp3) is 0.500. The van der Waals surface area contributed by atoms with E-state index in [-0.39, 0.29) is 17.3 Å². The summed E-state index contributed by atoms with van der Waals surface area (Å²) in [6.07, 6.45) is 5.50. The highest BCUT2D eigenvalue weighted by Gasteiger charge is 2.64. The molecule has 2 heterocycles. The number of benzene rings is 1. The van der Waals surface area contributed by atoms with Crippen LogP contribution in [0.5, 0.6) is 11.5 Å². The molecule has 1 aromatic carbocycles. The lowest BCUT2D eigenvalue weighted by atomic mass is 9.53. The maximum atomic E-state index is 12.5. The molecule has 1 unspecified atom stereocenters. The van der Waals surface area contributed by atoms with E-state index >= 15 is 0 Å². The molecule has 0 radical (unpaired) electrons. The maximum absolute atomic E-state index is 12.5. The summed E-state index contributed by atoms with van der Waals surface area (Å²) in [5.41, 5.74) is 2.40. The van der Waals surface area contributed by atoms with Crippen molar-refractivity contribution in [1.29, 1.82) is 0 Å². The van der Waals surface area contributed by atoms with Crippen LogP contribution in [0.25, 0.3) is 0 Å². The van der Waals surface area contributed by atoms with E-state index in [4.69, 9.17) is 9.47 Å². The highest BCUT2D eigenvalue weighted by atomic mass is 16.5. The molecule has 2 bridgehead atoms. The van der Waals surface area contributed by atoms with E-state index in [1.807, 2.05) is 6.07 Å². The first-order chi connectivity index (χ1) is 10.7. The number of carbonyl (C=O) groups is 1. The zero-order valence-corrected chi connectivity index (χ0v) is 12.8. The maximum Gasteiger partial charge on any atom is 0.196 e. The zero-order valence-electron chi connectivity index (χ0n) is 12.8. The molecule has 2 aliphatic carbocycles. The van der Waals surface area contributed by atoms with Crippen LogP contribution in [0.2, 0.25) is 0 Å². The topological polar surface area (TPSA) is 38.8 Å². The molecule has 1 spiro atoms. The van der Waals surface area contributed by atoms with Gasteiger partial charge >= 0.3 is 0 Å². The number of hydrogen-bond acceptors (Lipinski definition) is 4. The third-order valence-electron chi connectivity index (χ3n) is 6.21. The quantitative estimate of drug-likeness (QED) is 0.791. The Morgan fingerprint density at radius 3 is 3.09 bits per heavy atom. The van der Waals surface area contributed by atoms with E-state index in [9.17, 15) is 4.79 Å². The predicted molar refractivity (Wildman–Crippen MR) is 81.5 cm³/mol. The van der Waals surface area contributed by atoms with Crippen molar-refractivity contribution in [2.45, 2.75) is 30.4 Å². The SMILES string of the molecule is COc1ccc2c3c1OC1C(=O)C=C[C@H]4[C@H](C2)N(C)CC[C@]314. The van der Waals surface area contributed by atoms with Crippen LogP contribution in [0.4, 0.5) is 0 Å². The fourth-order valence-electron chi connectivity index (χ4n) is 5.23. The van der Waals surface area contributed by atoms with Gasteiger partial charge in [-0.25, -0.2) is 0 Å². The smallest absolute Gasteiger partial charge is 0.196 e. The van der Waals surface area contributed by atoms with Gasteiger partial charge in [-0.2, -0.15) is 0 Å². The van der Waals surface area contributed by atoms with E-state index in [1.165, 1.54) is 11.1 Å². The summed E-state index contributed by atoms with van der Waals surface area (Å²) in [6, 6.07) is 4.60. The summed E-state index contributed by atoms with van der Waals surface area (Å²) in [4.78, 5) is 15.0. The van der Waals surface area contributed by atoms with Gasteiger partial charge in [0.05, 0.1) is 12.5 Å². The molecule has 114 valence electrons.